The van der Waals surface area contributed by atoms with E-state index in [1.165, 1.54) is 11.1 Å². The predicted molar refractivity (Wildman–Crippen MR) is 69.5 cm³/mol. The summed E-state index contributed by atoms with van der Waals surface area (Å²) in [7, 11) is 0. The molecule has 98 valence electrons. The molecule has 2 aliphatic heterocycles. The maximum atomic E-state index is 5.82. The highest BCUT2D eigenvalue weighted by Gasteiger charge is 2.31. The van der Waals surface area contributed by atoms with Crippen LogP contribution in [0.15, 0.2) is 10.6 Å². The molecule has 0 aliphatic carbocycles. The first kappa shape index (κ1) is 10.7. The molecule has 3 heterocycles. The second-order valence-corrected chi connectivity index (χ2v) is 4.93. The average molecular weight is 258 g/mol. The van der Waals surface area contributed by atoms with Crippen molar-refractivity contribution in [1.29, 1.82) is 0 Å². The summed E-state index contributed by atoms with van der Waals surface area (Å²) in [6.45, 7) is 3.50. The highest BCUT2D eigenvalue weighted by Crippen LogP contribution is 2.48. The van der Waals surface area contributed by atoms with Crippen molar-refractivity contribution >= 4 is 5.82 Å². The number of nitrogen functional groups attached to an aromatic ring is 1. The summed E-state index contributed by atoms with van der Waals surface area (Å²) >= 11 is 0. The van der Waals surface area contributed by atoms with E-state index in [4.69, 9.17) is 19.7 Å². The lowest BCUT2D eigenvalue weighted by Crippen LogP contribution is -1.94. The number of benzene rings is 1. The van der Waals surface area contributed by atoms with Crippen LogP contribution in [-0.2, 0) is 12.8 Å². The summed E-state index contributed by atoms with van der Waals surface area (Å²) in [5.41, 5.74) is 10.2. The first-order valence-corrected chi connectivity index (χ1v) is 6.42. The van der Waals surface area contributed by atoms with Crippen molar-refractivity contribution in [3.63, 3.8) is 0 Å². The molecule has 0 unspecified atom stereocenters. The number of nitrogens with two attached hydrogens (primary N) is 1. The molecule has 2 aromatic rings. The Hall–Kier alpha value is -2.17. The Morgan fingerprint density at radius 1 is 1.11 bits per heavy atom. The monoisotopic (exact) mass is 258 g/mol. The number of ether oxygens (including phenoxy) is 2. The molecule has 0 atom stereocenters. The molecule has 5 nitrogen and oxygen atoms in total. The van der Waals surface area contributed by atoms with E-state index in [-0.39, 0.29) is 0 Å². The number of fused-ring (bicyclic) bond motifs is 2. The van der Waals surface area contributed by atoms with Crippen molar-refractivity contribution in [2.45, 2.75) is 19.8 Å². The van der Waals surface area contributed by atoms with E-state index < -0.39 is 0 Å². The number of rotatable bonds is 1. The van der Waals surface area contributed by atoms with Gasteiger partial charge < -0.3 is 19.7 Å². The smallest absolute Gasteiger partial charge is 0.173 e. The van der Waals surface area contributed by atoms with Gasteiger partial charge in [0.25, 0.3) is 0 Å². The maximum absolute atomic E-state index is 5.82. The highest BCUT2D eigenvalue weighted by atomic mass is 16.5. The Kier molecular flexibility index (Phi) is 2.07. The fourth-order valence-electron chi connectivity index (χ4n) is 3.01. The molecule has 0 amide bonds. The van der Waals surface area contributed by atoms with Crippen molar-refractivity contribution in [1.82, 2.24) is 5.16 Å². The molecule has 0 saturated carbocycles. The Balaban J connectivity index is 2.05. The zero-order valence-electron chi connectivity index (χ0n) is 10.7. The van der Waals surface area contributed by atoms with Gasteiger partial charge in [-0.05, 0) is 12.5 Å². The van der Waals surface area contributed by atoms with Gasteiger partial charge in [0.05, 0.1) is 18.8 Å². The molecule has 1 aromatic carbocycles. The lowest BCUT2D eigenvalue weighted by molar-refractivity contribution is 0.354. The Labute approximate surface area is 110 Å². The summed E-state index contributed by atoms with van der Waals surface area (Å²) in [6, 6.07) is 1.74. The molecule has 0 saturated heterocycles. The van der Waals surface area contributed by atoms with Crippen LogP contribution in [0.3, 0.4) is 0 Å². The lowest BCUT2D eigenvalue weighted by atomic mass is 9.94. The molecule has 0 radical (unpaired) electrons. The molecule has 19 heavy (non-hydrogen) atoms. The largest absolute Gasteiger partial charge is 0.493 e. The van der Waals surface area contributed by atoms with Crippen LogP contribution in [0.25, 0.3) is 11.3 Å². The van der Waals surface area contributed by atoms with Crippen LogP contribution in [0.4, 0.5) is 5.82 Å². The van der Waals surface area contributed by atoms with Gasteiger partial charge >= 0.3 is 0 Å². The summed E-state index contributed by atoms with van der Waals surface area (Å²) in [5.74, 6) is 2.94. The quantitative estimate of drug-likeness (QED) is 0.848. The number of hydrogen-bond acceptors (Lipinski definition) is 5. The first-order valence-electron chi connectivity index (χ1n) is 6.42. The molecular formula is C14H14N2O3. The Morgan fingerprint density at radius 2 is 1.84 bits per heavy atom. The predicted octanol–water partition coefficient (Wildman–Crippen LogP) is 2.10. The lowest BCUT2D eigenvalue weighted by Gasteiger charge is -2.13. The van der Waals surface area contributed by atoms with Gasteiger partial charge in [0.2, 0.25) is 0 Å². The molecule has 4 rings (SSSR count). The van der Waals surface area contributed by atoms with Crippen molar-refractivity contribution in [2.75, 3.05) is 18.9 Å². The third-order valence-electron chi connectivity index (χ3n) is 3.84. The van der Waals surface area contributed by atoms with Crippen LogP contribution >= 0.6 is 0 Å². The highest BCUT2D eigenvalue weighted by molar-refractivity contribution is 5.79. The molecule has 1 aromatic heterocycles. The van der Waals surface area contributed by atoms with Gasteiger partial charge in [-0.25, -0.2) is 0 Å². The van der Waals surface area contributed by atoms with E-state index in [1.807, 2.05) is 0 Å². The van der Waals surface area contributed by atoms with Gasteiger partial charge in [-0.3, -0.25) is 0 Å². The second kappa shape index (κ2) is 3.66. The third kappa shape index (κ3) is 1.38. The third-order valence-corrected chi connectivity index (χ3v) is 3.84. The zero-order chi connectivity index (χ0) is 13.0. The summed E-state index contributed by atoms with van der Waals surface area (Å²) in [5, 5.41) is 3.77. The van der Waals surface area contributed by atoms with Gasteiger partial charge in [-0.15, -0.1) is 0 Å². The van der Waals surface area contributed by atoms with E-state index >= 15 is 0 Å². The van der Waals surface area contributed by atoms with E-state index in [1.54, 1.807) is 6.07 Å². The minimum Gasteiger partial charge on any atom is -0.493 e. The minimum absolute atomic E-state index is 0.384. The van der Waals surface area contributed by atoms with Crippen molar-refractivity contribution in [3.8, 4) is 22.8 Å². The fraction of sp³-hybridized carbons (Fsp3) is 0.357. The summed E-state index contributed by atoms with van der Waals surface area (Å²) in [4.78, 5) is 0. The van der Waals surface area contributed by atoms with Crippen molar-refractivity contribution in [2.24, 2.45) is 0 Å². The standard InChI is InChI=1S/C14H14N2O3/c1-7-8-2-4-18-14(8)12(9-3-5-17-13(7)9)10-6-11(15)16-19-10/h6H,2-5H2,1H3,(H2,15,16). The second-order valence-electron chi connectivity index (χ2n) is 4.93. The van der Waals surface area contributed by atoms with Crippen LogP contribution in [0.2, 0.25) is 0 Å². The summed E-state index contributed by atoms with van der Waals surface area (Å²) < 4.78 is 16.9. The van der Waals surface area contributed by atoms with E-state index in [0.29, 0.717) is 24.8 Å². The van der Waals surface area contributed by atoms with Crippen LogP contribution < -0.4 is 15.2 Å². The summed E-state index contributed by atoms with van der Waals surface area (Å²) in [6.07, 6.45) is 1.77. The number of aromatic nitrogens is 1. The van der Waals surface area contributed by atoms with Gasteiger partial charge in [0.1, 0.15) is 11.5 Å². The van der Waals surface area contributed by atoms with Crippen LogP contribution in [-0.4, -0.2) is 18.4 Å². The average Bonchev–Trinajstić information content (AvgIpc) is 3.09. The van der Waals surface area contributed by atoms with Crippen molar-refractivity contribution < 1.29 is 14.0 Å². The van der Waals surface area contributed by atoms with Crippen LogP contribution in [0.1, 0.15) is 16.7 Å². The maximum Gasteiger partial charge on any atom is 0.173 e. The first-order chi connectivity index (χ1) is 9.25. The molecular weight excluding hydrogens is 244 g/mol. The minimum atomic E-state index is 0.384. The van der Waals surface area contributed by atoms with Gasteiger partial charge in [-0.2, -0.15) is 0 Å². The molecule has 0 spiro atoms. The van der Waals surface area contributed by atoms with Gasteiger partial charge in [0.15, 0.2) is 11.6 Å². The molecule has 2 N–H and O–H groups in total. The number of anilines is 1. The molecule has 0 bridgehead atoms. The van der Waals surface area contributed by atoms with Gasteiger partial charge in [0, 0.05) is 30.0 Å². The SMILES string of the molecule is Cc1c2c(c(-c3cc(N)no3)c3c1OCC3)OCC2. The normalized spacial score (nSPS) is 15.8. The number of nitrogens with zero attached hydrogens (tertiary/aromatic N) is 1. The fourth-order valence-corrected chi connectivity index (χ4v) is 3.01. The Bertz CT molecular complexity index is 641. The van der Waals surface area contributed by atoms with Crippen molar-refractivity contribution in [3.05, 3.63) is 22.8 Å². The Morgan fingerprint density at radius 3 is 2.58 bits per heavy atom. The van der Waals surface area contributed by atoms with E-state index in [9.17, 15) is 0 Å². The molecule has 2 aliphatic rings. The molecule has 5 heteroatoms. The number of hydrogen-bond donors (Lipinski definition) is 1. The topological polar surface area (TPSA) is 70.5 Å². The van der Waals surface area contributed by atoms with E-state index in [2.05, 4.69) is 12.1 Å². The van der Waals surface area contributed by atoms with E-state index in [0.717, 1.165) is 35.5 Å². The van der Waals surface area contributed by atoms with Gasteiger partial charge in [-0.1, -0.05) is 5.16 Å². The zero-order valence-corrected chi connectivity index (χ0v) is 10.7. The van der Waals surface area contributed by atoms with Crippen LogP contribution in [0, 0.1) is 6.92 Å². The van der Waals surface area contributed by atoms with Crippen LogP contribution in [0.5, 0.6) is 11.5 Å². The molecule has 0 fully saturated rings.